The molecule has 0 aliphatic carbocycles. The van der Waals surface area contributed by atoms with Gasteiger partial charge in [-0.15, -0.1) is 0 Å². The Labute approximate surface area is 131 Å². The Morgan fingerprint density at radius 3 is 2.33 bits per heavy atom. The van der Waals surface area contributed by atoms with Gasteiger partial charge < -0.3 is 15.0 Å². The van der Waals surface area contributed by atoms with Crippen molar-refractivity contribution >= 4 is 0 Å². The van der Waals surface area contributed by atoms with E-state index < -0.39 is 0 Å². The van der Waals surface area contributed by atoms with E-state index in [0.29, 0.717) is 5.41 Å². The first-order valence-electron chi connectivity index (χ1n) is 8.54. The molecular formula is C17H35N3O. The molecule has 0 amide bonds. The van der Waals surface area contributed by atoms with Crippen LogP contribution in [-0.4, -0.2) is 73.9 Å². The van der Waals surface area contributed by atoms with Crippen molar-refractivity contribution in [1.29, 1.82) is 0 Å². The molecule has 0 spiro atoms. The van der Waals surface area contributed by atoms with E-state index in [-0.39, 0.29) is 5.54 Å². The van der Waals surface area contributed by atoms with Gasteiger partial charge in [-0.1, -0.05) is 13.8 Å². The van der Waals surface area contributed by atoms with Crippen molar-refractivity contribution in [3.05, 3.63) is 0 Å². The fourth-order valence-electron chi connectivity index (χ4n) is 3.36. The van der Waals surface area contributed by atoms with Gasteiger partial charge in [0.2, 0.25) is 0 Å². The fraction of sp³-hybridized carbons (Fsp3) is 1.00. The van der Waals surface area contributed by atoms with Crippen molar-refractivity contribution in [3.63, 3.8) is 0 Å². The highest BCUT2D eigenvalue weighted by Gasteiger charge is 2.32. The lowest BCUT2D eigenvalue weighted by atomic mass is 9.91. The van der Waals surface area contributed by atoms with Crippen LogP contribution in [0.15, 0.2) is 0 Å². The van der Waals surface area contributed by atoms with E-state index in [1.165, 1.54) is 26.1 Å². The van der Waals surface area contributed by atoms with Crippen LogP contribution in [0.3, 0.4) is 0 Å². The maximum absolute atomic E-state index is 5.47. The van der Waals surface area contributed by atoms with Crippen LogP contribution in [0, 0.1) is 5.41 Å². The summed E-state index contributed by atoms with van der Waals surface area (Å²) in [5.74, 6) is 0. The van der Waals surface area contributed by atoms with Gasteiger partial charge in [-0.2, -0.15) is 0 Å². The molecule has 124 valence electrons. The van der Waals surface area contributed by atoms with Gasteiger partial charge in [0, 0.05) is 44.3 Å². The number of nitrogens with zero attached hydrogens (tertiary/aromatic N) is 2. The molecule has 2 rings (SSSR count). The minimum absolute atomic E-state index is 0.207. The van der Waals surface area contributed by atoms with Gasteiger partial charge in [-0.05, 0) is 39.2 Å². The van der Waals surface area contributed by atoms with E-state index in [1.54, 1.807) is 0 Å². The molecule has 1 atom stereocenters. The number of rotatable bonds is 5. The molecule has 1 N–H and O–H groups in total. The topological polar surface area (TPSA) is 27.7 Å². The quantitative estimate of drug-likeness (QED) is 0.837. The molecule has 2 aliphatic heterocycles. The highest BCUT2D eigenvalue weighted by atomic mass is 16.5. The normalized spacial score (nSPS) is 26.4. The van der Waals surface area contributed by atoms with E-state index >= 15 is 0 Å². The second-order valence-corrected chi connectivity index (χ2v) is 8.59. The van der Waals surface area contributed by atoms with Crippen LogP contribution in [0.2, 0.25) is 0 Å². The minimum atomic E-state index is 0.207. The van der Waals surface area contributed by atoms with Crippen LogP contribution in [0.25, 0.3) is 0 Å². The van der Waals surface area contributed by atoms with E-state index in [0.717, 1.165) is 38.9 Å². The first-order chi connectivity index (χ1) is 9.75. The molecular weight excluding hydrogens is 262 g/mol. The number of ether oxygens (including phenoxy) is 1. The summed E-state index contributed by atoms with van der Waals surface area (Å²) in [6.45, 7) is 20.3. The summed E-state index contributed by atoms with van der Waals surface area (Å²) in [7, 11) is 0. The van der Waals surface area contributed by atoms with Gasteiger partial charge in [0.05, 0.1) is 13.2 Å². The molecule has 21 heavy (non-hydrogen) atoms. The lowest BCUT2D eigenvalue weighted by molar-refractivity contribution is 0.0178. The molecule has 0 bridgehead atoms. The summed E-state index contributed by atoms with van der Waals surface area (Å²) < 4.78 is 5.47. The number of hydrogen-bond donors (Lipinski definition) is 1. The van der Waals surface area contributed by atoms with Gasteiger partial charge >= 0.3 is 0 Å². The smallest absolute Gasteiger partial charge is 0.0594 e. The van der Waals surface area contributed by atoms with E-state index in [4.69, 9.17) is 4.74 Å². The molecule has 1 unspecified atom stereocenters. The van der Waals surface area contributed by atoms with Crippen molar-refractivity contribution in [2.24, 2.45) is 5.41 Å². The molecule has 2 aliphatic rings. The van der Waals surface area contributed by atoms with Gasteiger partial charge in [0.15, 0.2) is 0 Å². The molecule has 2 saturated heterocycles. The third-order valence-corrected chi connectivity index (χ3v) is 4.56. The average Bonchev–Trinajstić information content (AvgIpc) is 2.85. The Bertz CT molecular complexity index is 318. The summed E-state index contributed by atoms with van der Waals surface area (Å²) in [5, 5.41) is 3.66. The highest BCUT2D eigenvalue weighted by molar-refractivity contribution is 4.88. The molecule has 2 fully saturated rings. The summed E-state index contributed by atoms with van der Waals surface area (Å²) in [6.07, 6.45) is 1.32. The number of morpholine rings is 1. The van der Waals surface area contributed by atoms with E-state index in [2.05, 4.69) is 49.7 Å². The Balaban J connectivity index is 1.75. The Morgan fingerprint density at radius 2 is 1.71 bits per heavy atom. The van der Waals surface area contributed by atoms with Crippen LogP contribution < -0.4 is 5.32 Å². The number of likely N-dealkylation sites (tertiary alicyclic amines) is 1. The molecule has 0 aromatic carbocycles. The SMILES string of the molecule is CC(C)(CNC(C)(C)C)CN1CCC(N2CCOCC2)C1. The Hall–Kier alpha value is -0.160. The summed E-state index contributed by atoms with van der Waals surface area (Å²) >= 11 is 0. The van der Waals surface area contributed by atoms with Crippen LogP contribution in [-0.2, 0) is 4.74 Å². The predicted octanol–water partition coefficient (Wildman–Crippen LogP) is 1.81. The largest absolute Gasteiger partial charge is 0.379 e. The third kappa shape index (κ3) is 5.85. The lowest BCUT2D eigenvalue weighted by Crippen LogP contribution is -2.47. The third-order valence-electron chi connectivity index (χ3n) is 4.56. The zero-order valence-corrected chi connectivity index (χ0v) is 14.7. The lowest BCUT2D eigenvalue weighted by Gasteiger charge is -2.35. The summed E-state index contributed by atoms with van der Waals surface area (Å²) in [6, 6.07) is 0.750. The molecule has 4 nitrogen and oxygen atoms in total. The molecule has 0 aromatic heterocycles. The van der Waals surface area contributed by atoms with Gasteiger partial charge in [0.25, 0.3) is 0 Å². The fourth-order valence-corrected chi connectivity index (χ4v) is 3.36. The van der Waals surface area contributed by atoms with Crippen LogP contribution in [0.5, 0.6) is 0 Å². The van der Waals surface area contributed by atoms with Gasteiger partial charge in [-0.3, -0.25) is 4.90 Å². The maximum atomic E-state index is 5.47. The second kappa shape index (κ2) is 6.95. The zero-order chi connectivity index (χ0) is 15.5. The van der Waals surface area contributed by atoms with Crippen molar-refractivity contribution in [3.8, 4) is 0 Å². The first kappa shape index (κ1) is 17.2. The molecule has 0 radical (unpaired) electrons. The predicted molar refractivity (Wildman–Crippen MR) is 88.8 cm³/mol. The first-order valence-corrected chi connectivity index (χ1v) is 8.54. The van der Waals surface area contributed by atoms with E-state index in [1.807, 2.05) is 0 Å². The molecule has 4 heteroatoms. The van der Waals surface area contributed by atoms with Crippen molar-refractivity contribution < 1.29 is 4.74 Å². The van der Waals surface area contributed by atoms with Crippen LogP contribution in [0.4, 0.5) is 0 Å². The highest BCUT2D eigenvalue weighted by Crippen LogP contribution is 2.23. The van der Waals surface area contributed by atoms with Crippen molar-refractivity contribution in [1.82, 2.24) is 15.1 Å². The Morgan fingerprint density at radius 1 is 1.05 bits per heavy atom. The van der Waals surface area contributed by atoms with Crippen LogP contribution in [0.1, 0.15) is 41.0 Å². The molecule has 0 aromatic rings. The minimum Gasteiger partial charge on any atom is -0.379 e. The van der Waals surface area contributed by atoms with Gasteiger partial charge in [-0.25, -0.2) is 0 Å². The average molecular weight is 297 g/mol. The zero-order valence-electron chi connectivity index (χ0n) is 14.7. The van der Waals surface area contributed by atoms with Crippen LogP contribution >= 0.6 is 0 Å². The molecule has 2 heterocycles. The summed E-state index contributed by atoms with van der Waals surface area (Å²) in [4.78, 5) is 5.29. The monoisotopic (exact) mass is 297 g/mol. The second-order valence-electron chi connectivity index (χ2n) is 8.59. The standard InChI is InChI=1S/C17H35N3O/c1-16(2,3)18-13-17(4,5)14-19-7-6-15(12-19)20-8-10-21-11-9-20/h15,18H,6-14H2,1-5H3. The number of nitrogens with one attached hydrogen (secondary N) is 1. The molecule has 0 saturated carbocycles. The van der Waals surface area contributed by atoms with Gasteiger partial charge in [0.1, 0.15) is 0 Å². The number of hydrogen-bond acceptors (Lipinski definition) is 4. The van der Waals surface area contributed by atoms with Crippen molar-refractivity contribution in [2.45, 2.75) is 52.6 Å². The Kier molecular flexibility index (Phi) is 5.69. The van der Waals surface area contributed by atoms with Crippen molar-refractivity contribution in [2.75, 3.05) is 52.5 Å². The summed E-state index contributed by atoms with van der Waals surface area (Å²) in [5.41, 5.74) is 0.534. The maximum Gasteiger partial charge on any atom is 0.0594 e. The van der Waals surface area contributed by atoms with E-state index in [9.17, 15) is 0 Å².